The number of amides is 1. The number of rotatable bonds is 5. The van der Waals surface area contributed by atoms with Crippen molar-refractivity contribution in [2.75, 3.05) is 18.8 Å². The molecule has 1 amide bonds. The van der Waals surface area contributed by atoms with Crippen molar-refractivity contribution in [2.45, 2.75) is 24.5 Å². The normalized spacial score (nSPS) is 18.8. The Labute approximate surface area is 180 Å². The third-order valence-corrected chi connectivity index (χ3v) is 7.78. The van der Waals surface area contributed by atoms with Crippen LogP contribution in [0.1, 0.15) is 40.4 Å². The highest BCUT2D eigenvalue weighted by atomic mass is 35.5. The fourth-order valence-electron chi connectivity index (χ4n) is 3.44. The number of benzene rings is 2. The summed E-state index contributed by atoms with van der Waals surface area (Å²) in [6.07, 6.45) is 0.388. The molecule has 154 valence electrons. The molecule has 2 aromatic carbocycles. The van der Waals surface area contributed by atoms with Crippen LogP contribution in [0, 0.1) is 0 Å². The van der Waals surface area contributed by atoms with Gasteiger partial charge in [0.2, 0.25) is 5.91 Å². The van der Waals surface area contributed by atoms with Crippen molar-refractivity contribution < 1.29 is 18.0 Å². The fraction of sp³-hybridized carbons (Fsp3) is 0.333. The minimum atomic E-state index is -3.44. The van der Waals surface area contributed by atoms with E-state index < -0.39 is 15.1 Å². The monoisotopic (exact) mass is 453 g/mol. The topological polar surface area (TPSA) is 71.5 Å². The van der Waals surface area contributed by atoms with E-state index in [1.165, 1.54) is 4.90 Å². The van der Waals surface area contributed by atoms with E-state index in [4.69, 9.17) is 23.2 Å². The van der Waals surface area contributed by atoms with Crippen molar-refractivity contribution in [1.82, 2.24) is 4.90 Å². The molecule has 0 radical (unpaired) electrons. The molecule has 0 aliphatic carbocycles. The Morgan fingerprint density at radius 3 is 2.34 bits per heavy atom. The maximum absolute atomic E-state index is 12.7. The van der Waals surface area contributed by atoms with Crippen LogP contribution in [-0.4, -0.2) is 43.9 Å². The molecule has 8 heteroatoms. The van der Waals surface area contributed by atoms with Crippen LogP contribution < -0.4 is 0 Å². The molecule has 0 saturated carbocycles. The second-order valence-electron chi connectivity index (χ2n) is 6.98. The van der Waals surface area contributed by atoms with Crippen molar-refractivity contribution >= 4 is 44.7 Å². The first-order valence-electron chi connectivity index (χ1n) is 9.30. The number of carbonyl (C=O) groups is 2. The second kappa shape index (κ2) is 9.28. The standard InChI is InChI=1S/C21H21Cl2NO4S/c22-16-7-5-15(6-8-16)19(25)9-10-21(26)24-12-11-20(29(27,28)14-13-24)17-3-1-2-4-18(17)23/h1-8,20H,9-14H2. The third kappa shape index (κ3) is 5.38. The molecule has 1 saturated heterocycles. The van der Waals surface area contributed by atoms with Crippen molar-refractivity contribution in [3.63, 3.8) is 0 Å². The summed E-state index contributed by atoms with van der Waals surface area (Å²) in [7, 11) is -3.44. The van der Waals surface area contributed by atoms with Gasteiger partial charge in [0, 0.05) is 41.5 Å². The molecule has 1 aliphatic heterocycles. The largest absolute Gasteiger partial charge is 0.342 e. The van der Waals surface area contributed by atoms with Crippen molar-refractivity contribution in [3.05, 3.63) is 69.7 Å². The van der Waals surface area contributed by atoms with E-state index in [0.717, 1.165) is 0 Å². The summed E-state index contributed by atoms with van der Waals surface area (Å²) >= 11 is 12.0. The van der Waals surface area contributed by atoms with Gasteiger partial charge in [-0.15, -0.1) is 0 Å². The Hall–Kier alpha value is -1.89. The lowest BCUT2D eigenvalue weighted by Gasteiger charge is -2.20. The van der Waals surface area contributed by atoms with Gasteiger partial charge in [-0.25, -0.2) is 8.42 Å². The number of hydrogen-bond donors (Lipinski definition) is 0. The van der Waals surface area contributed by atoms with Crippen LogP contribution in [0.2, 0.25) is 10.0 Å². The van der Waals surface area contributed by atoms with Gasteiger partial charge in [0.05, 0.1) is 11.0 Å². The third-order valence-electron chi connectivity index (χ3n) is 5.08. The van der Waals surface area contributed by atoms with E-state index in [2.05, 4.69) is 0 Å². The van der Waals surface area contributed by atoms with Crippen LogP contribution in [0.15, 0.2) is 48.5 Å². The van der Waals surface area contributed by atoms with Gasteiger partial charge >= 0.3 is 0 Å². The molecule has 1 atom stereocenters. The summed E-state index contributed by atoms with van der Waals surface area (Å²) in [6.45, 7) is 0.431. The van der Waals surface area contributed by atoms with E-state index >= 15 is 0 Å². The number of carbonyl (C=O) groups excluding carboxylic acids is 2. The number of ketones is 1. The molecular formula is C21H21Cl2NO4S. The van der Waals surface area contributed by atoms with E-state index in [1.807, 2.05) is 0 Å². The molecule has 0 spiro atoms. The summed E-state index contributed by atoms with van der Waals surface area (Å²) in [5.74, 6) is -0.492. The van der Waals surface area contributed by atoms with Crippen LogP contribution >= 0.6 is 23.2 Å². The van der Waals surface area contributed by atoms with Crippen LogP contribution in [0.5, 0.6) is 0 Å². The van der Waals surface area contributed by atoms with Crippen LogP contribution in [0.25, 0.3) is 0 Å². The van der Waals surface area contributed by atoms with E-state index in [0.29, 0.717) is 27.7 Å². The molecular weight excluding hydrogens is 433 g/mol. The Morgan fingerprint density at radius 1 is 0.966 bits per heavy atom. The van der Waals surface area contributed by atoms with Crippen molar-refractivity contribution in [3.8, 4) is 0 Å². The van der Waals surface area contributed by atoms with E-state index in [-0.39, 0.29) is 43.3 Å². The highest BCUT2D eigenvalue weighted by Gasteiger charge is 2.33. The Kier molecular flexibility index (Phi) is 6.98. The number of hydrogen-bond acceptors (Lipinski definition) is 4. The minimum absolute atomic E-state index is 0.0399. The van der Waals surface area contributed by atoms with Crippen molar-refractivity contribution in [2.24, 2.45) is 0 Å². The second-order valence-corrected chi connectivity index (χ2v) is 10.1. The molecule has 1 fully saturated rings. The lowest BCUT2D eigenvalue weighted by molar-refractivity contribution is -0.130. The first-order valence-corrected chi connectivity index (χ1v) is 11.8. The first kappa shape index (κ1) is 21.8. The lowest BCUT2D eigenvalue weighted by atomic mass is 10.1. The number of halogens is 2. The lowest BCUT2D eigenvalue weighted by Crippen LogP contribution is -2.33. The fourth-order valence-corrected chi connectivity index (χ4v) is 5.71. The summed E-state index contributed by atoms with van der Waals surface area (Å²) in [5, 5.41) is 0.218. The predicted molar refractivity (Wildman–Crippen MR) is 114 cm³/mol. The van der Waals surface area contributed by atoms with E-state index in [1.54, 1.807) is 48.5 Å². The summed E-state index contributed by atoms with van der Waals surface area (Å²) in [6, 6.07) is 13.4. The minimum Gasteiger partial charge on any atom is -0.342 e. The molecule has 3 rings (SSSR count). The summed E-state index contributed by atoms with van der Waals surface area (Å²) in [4.78, 5) is 26.4. The van der Waals surface area contributed by atoms with Gasteiger partial charge in [0.15, 0.2) is 15.6 Å². The Balaban J connectivity index is 1.63. The Bertz CT molecular complexity index is 1010. The van der Waals surface area contributed by atoms with Crippen LogP contribution in [-0.2, 0) is 14.6 Å². The number of Topliss-reactive ketones (excluding diaryl/α,β-unsaturated/α-hetero) is 1. The molecule has 0 N–H and O–H groups in total. The zero-order valence-corrected chi connectivity index (χ0v) is 18.0. The molecule has 1 unspecified atom stereocenters. The molecule has 1 heterocycles. The molecule has 29 heavy (non-hydrogen) atoms. The first-order chi connectivity index (χ1) is 13.8. The van der Waals surface area contributed by atoms with Crippen LogP contribution in [0.3, 0.4) is 0 Å². The number of nitrogens with zero attached hydrogens (tertiary/aromatic N) is 1. The maximum Gasteiger partial charge on any atom is 0.223 e. The smallest absolute Gasteiger partial charge is 0.223 e. The van der Waals surface area contributed by atoms with Gasteiger partial charge in [-0.1, -0.05) is 41.4 Å². The summed E-state index contributed by atoms with van der Waals surface area (Å²) < 4.78 is 25.5. The quantitative estimate of drug-likeness (QED) is 0.630. The number of sulfone groups is 1. The van der Waals surface area contributed by atoms with Crippen LogP contribution in [0.4, 0.5) is 0 Å². The van der Waals surface area contributed by atoms with Gasteiger partial charge in [0.25, 0.3) is 0 Å². The SMILES string of the molecule is O=C(CCC(=O)N1CCC(c2ccccc2Cl)S(=O)(=O)CC1)c1ccc(Cl)cc1. The average Bonchev–Trinajstić information content (AvgIpc) is 2.85. The van der Waals surface area contributed by atoms with Crippen molar-refractivity contribution in [1.29, 1.82) is 0 Å². The molecule has 0 bridgehead atoms. The van der Waals surface area contributed by atoms with Gasteiger partial charge < -0.3 is 4.90 Å². The predicted octanol–water partition coefficient (Wildman–Crippen LogP) is 4.34. The molecule has 1 aliphatic rings. The maximum atomic E-state index is 12.7. The Morgan fingerprint density at radius 2 is 1.66 bits per heavy atom. The van der Waals surface area contributed by atoms with Gasteiger partial charge in [-0.05, 0) is 42.3 Å². The van der Waals surface area contributed by atoms with Gasteiger partial charge in [-0.2, -0.15) is 0 Å². The average molecular weight is 454 g/mol. The summed E-state index contributed by atoms with van der Waals surface area (Å²) in [5.41, 5.74) is 1.07. The zero-order chi connectivity index (χ0) is 21.0. The zero-order valence-electron chi connectivity index (χ0n) is 15.7. The van der Waals surface area contributed by atoms with Gasteiger partial charge in [-0.3, -0.25) is 9.59 Å². The molecule has 0 aromatic heterocycles. The van der Waals surface area contributed by atoms with E-state index in [9.17, 15) is 18.0 Å². The molecule has 2 aromatic rings. The highest BCUT2D eigenvalue weighted by Crippen LogP contribution is 2.34. The highest BCUT2D eigenvalue weighted by molar-refractivity contribution is 7.91. The van der Waals surface area contributed by atoms with Gasteiger partial charge in [0.1, 0.15) is 0 Å². The molecule has 5 nitrogen and oxygen atoms in total.